The van der Waals surface area contributed by atoms with Gasteiger partial charge in [0.25, 0.3) is 12.3 Å². The second-order valence-corrected chi connectivity index (χ2v) is 10.3. The Hall–Kier alpha value is -2.84. The van der Waals surface area contributed by atoms with Gasteiger partial charge in [-0.25, -0.2) is 17.2 Å². The van der Waals surface area contributed by atoms with Crippen LogP contribution in [0, 0.1) is 0 Å². The predicted molar refractivity (Wildman–Crippen MR) is 120 cm³/mol. The Morgan fingerprint density at radius 1 is 1.11 bits per heavy atom. The minimum atomic E-state index is -4.12. The number of hydrazone groups is 1. The minimum Gasteiger partial charge on any atom is -0.507 e. The highest BCUT2D eigenvalue weighted by Crippen LogP contribution is 2.42. The Morgan fingerprint density at radius 2 is 1.74 bits per heavy atom. The summed E-state index contributed by atoms with van der Waals surface area (Å²) in [7, 11) is -4.12. The molecule has 0 radical (unpaired) electrons. The maximum absolute atomic E-state index is 13.1. The summed E-state index contributed by atoms with van der Waals surface area (Å²) >= 11 is 12.4. The zero-order chi connectivity index (χ0) is 25.7. The molecule has 15 heteroatoms. The van der Waals surface area contributed by atoms with E-state index in [9.17, 15) is 37.0 Å². The average molecular weight is 550 g/mol. The van der Waals surface area contributed by atoms with E-state index >= 15 is 0 Å². The van der Waals surface area contributed by atoms with Gasteiger partial charge in [-0.05, 0) is 24.3 Å². The van der Waals surface area contributed by atoms with Crippen LogP contribution >= 0.6 is 23.2 Å². The Balaban J connectivity index is 1.65. The number of aliphatic hydroxyl groups excluding tert-OH is 1. The first-order valence-corrected chi connectivity index (χ1v) is 12.0. The molecule has 10 nitrogen and oxygen atoms in total. The number of aromatic hydroxyl groups is 1. The van der Waals surface area contributed by atoms with Crippen molar-refractivity contribution in [3.8, 4) is 17.2 Å². The van der Waals surface area contributed by atoms with Gasteiger partial charge < -0.3 is 14.9 Å². The molecule has 0 unspecified atom stereocenters. The van der Waals surface area contributed by atoms with Gasteiger partial charge in [0.1, 0.15) is 16.4 Å². The van der Waals surface area contributed by atoms with Crippen LogP contribution in [-0.4, -0.2) is 66.0 Å². The SMILES string of the molecule is O=C1CC(=O)N(c2cc(Cl)c(Oc3ccc(O)c(S(=O)(=O)N4CC(O)C4)c3)c(Cl)c2)N=C1C(F)F. The van der Waals surface area contributed by atoms with Crippen molar-refractivity contribution in [3.05, 3.63) is 40.4 Å². The fraction of sp³-hybridized carbons (Fsp3) is 0.250. The van der Waals surface area contributed by atoms with Crippen molar-refractivity contribution in [1.82, 2.24) is 4.31 Å². The van der Waals surface area contributed by atoms with Crippen LogP contribution in [0.1, 0.15) is 6.42 Å². The number of hydrogen-bond donors (Lipinski definition) is 2. The fourth-order valence-electron chi connectivity index (χ4n) is 3.29. The van der Waals surface area contributed by atoms with E-state index in [0.717, 1.165) is 28.6 Å². The second-order valence-electron chi connectivity index (χ2n) is 7.54. The van der Waals surface area contributed by atoms with Crippen LogP contribution < -0.4 is 9.75 Å². The van der Waals surface area contributed by atoms with Crippen LogP contribution in [0.4, 0.5) is 14.5 Å². The highest BCUT2D eigenvalue weighted by molar-refractivity contribution is 7.89. The first-order valence-electron chi connectivity index (χ1n) is 9.79. The largest absolute Gasteiger partial charge is 0.507 e. The van der Waals surface area contributed by atoms with Gasteiger partial charge in [0.05, 0.1) is 28.3 Å². The highest BCUT2D eigenvalue weighted by Gasteiger charge is 2.37. The number of alkyl halides is 2. The van der Waals surface area contributed by atoms with Crippen molar-refractivity contribution < 1.29 is 41.7 Å². The van der Waals surface area contributed by atoms with Gasteiger partial charge in [-0.15, -0.1) is 0 Å². The zero-order valence-corrected chi connectivity index (χ0v) is 19.7. The van der Waals surface area contributed by atoms with Crippen LogP contribution in [0.15, 0.2) is 40.3 Å². The predicted octanol–water partition coefficient (Wildman–Crippen LogP) is 2.78. The third kappa shape index (κ3) is 4.82. The maximum atomic E-state index is 13.1. The lowest BCUT2D eigenvalue weighted by Gasteiger charge is -2.34. The molecule has 2 aromatic rings. The number of hydrogen-bond acceptors (Lipinski definition) is 8. The standard InChI is InChI=1S/C20H15Cl2F2N3O7S/c21-12-3-9(27-17(31)6-15(30)18(25-27)20(23)24)4-13(22)19(12)34-11-1-2-14(29)16(5-11)35(32,33)26-7-10(28)8-26/h1-5,10,20,28-29H,6-8H2. The lowest BCUT2D eigenvalue weighted by molar-refractivity contribution is -0.124. The van der Waals surface area contributed by atoms with Gasteiger partial charge in [0.15, 0.2) is 17.2 Å². The fourth-order valence-corrected chi connectivity index (χ4v) is 5.45. The van der Waals surface area contributed by atoms with Gasteiger partial charge in [-0.3, -0.25) is 9.59 Å². The summed E-state index contributed by atoms with van der Waals surface area (Å²) in [6.07, 6.45) is -4.80. The third-order valence-corrected chi connectivity index (χ3v) is 7.50. The topological polar surface area (TPSA) is 137 Å². The molecule has 0 aliphatic carbocycles. The molecule has 2 aliphatic rings. The number of anilines is 1. The van der Waals surface area contributed by atoms with Gasteiger partial charge in [-0.2, -0.15) is 14.4 Å². The number of aliphatic hydroxyl groups is 1. The molecular weight excluding hydrogens is 535 g/mol. The van der Waals surface area contributed by atoms with E-state index in [4.69, 9.17) is 27.9 Å². The molecule has 4 rings (SSSR count). The first-order chi connectivity index (χ1) is 16.4. The number of ketones is 1. The monoisotopic (exact) mass is 549 g/mol. The van der Waals surface area contributed by atoms with Crippen molar-refractivity contribution in [2.75, 3.05) is 18.1 Å². The van der Waals surface area contributed by atoms with Gasteiger partial charge in [0, 0.05) is 19.2 Å². The number of benzene rings is 2. The molecule has 1 amide bonds. The number of ether oxygens (including phenoxy) is 1. The zero-order valence-electron chi connectivity index (χ0n) is 17.4. The summed E-state index contributed by atoms with van der Waals surface area (Å²) in [6, 6.07) is 5.65. The van der Waals surface area contributed by atoms with E-state index in [1.165, 1.54) is 6.07 Å². The summed E-state index contributed by atoms with van der Waals surface area (Å²) in [5.74, 6) is -2.74. The van der Waals surface area contributed by atoms with Crippen LogP contribution in [0.3, 0.4) is 0 Å². The molecule has 2 aromatic carbocycles. The Labute approximate surface area is 207 Å². The molecule has 35 heavy (non-hydrogen) atoms. The van der Waals surface area contributed by atoms with Crippen molar-refractivity contribution in [2.45, 2.75) is 23.8 Å². The van der Waals surface area contributed by atoms with E-state index in [1.807, 2.05) is 0 Å². The number of phenols is 1. The van der Waals surface area contributed by atoms with Crippen LogP contribution in [-0.2, 0) is 19.6 Å². The number of halogens is 4. The molecular formula is C20H15Cl2F2N3O7S. The second kappa shape index (κ2) is 9.32. The van der Waals surface area contributed by atoms with Crippen molar-refractivity contribution in [1.29, 1.82) is 0 Å². The molecule has 2 aliphatic heterocycles. The number of carbonyl (C=O) groups excluding carboxylic acids is 2. The molecule has 2 N–H and O–H groups in total. The van der Waals surface area contributed by atoms with Crippen LogP contribution in [0.5, 0.6) is 17.2 Å². The van der Waals surface area contributed by atoms with Crippen molar-refractivity contribution >= 4 is 56.3 Å². The summed E-state index contributed by atoms with van der Waals surface area (Å²) < 4.78 is 58.1. The number of sulfonamides is 1. The summed E-state index contributed by atoms with van der Waals surface area (Å²) in [5.41, 5.74) is -1.18. The Morgan fingerprint density at radius 3 is 2.31 bits per heavy atom. The van der Waals surface area contributed by atoms with E-state index in [0.29, 0.717) is 5.01 Å². The molecule has 1 fully saturated rings. The minimum absolute atomic E-state index is 0.0725. The molecule has 2 heterocycles. The first kappa shape index (κ1) is 25.3. The quantitative estimate of drug-likeness (QED) is 0.528. The Bertz CT molecular complexity index is 1340. The molecule has 0 atom stereocenters. The lowest BCUT2D eigenvalue weighted by atomic mass is 10.1. The van der Waals surface area contributed by atoms with E-state index in [2.05, 4.69) is 5.10 Å². The third-order valence-electron chi connectivity index (χ3n) is 5.07. The number of carbonyl (C=O) groups is 2. The molecule has 0 spiro atoms. The van der Waals surface area contributed by atoms with E-state index in [1.54, 1.807) is 0 Å². The maximum Gasteiger partial charge on any atom is 0.285 e. The lowest BCUT2D eigenvalue weighted by Crippen LogP contribution is -2.53. The summed E-state index contributed by atoms with van der Waals surface area (Å²) in [6.45, 7) is -0.245. The molecule has 0 aromatic heterocycles. The summed E-state index contributed by atoms with van der Waals surface area (Å²) in [5, 5.41) is 23.1. The van der Waals surface area contributed by atoms with Gasteiger partial charge in [0.2, 0.25) is 10.0 Å². The van der Waals surface area contributed by atoms with Crippen LogP contribution in [0.2, 0.25) is 10.0 Å². The Kier molecular flexibility index (Phi) is 6.72. The van der Waals surface area contributed by atoms with Gasteiger partial charge >= 0.3 is 0 Å². The number of Topliss-reactive ketones (excluding diaryl/α,β-unsaturated/α-hetero) is 1. The summed E-state index contributed by atoms with van der Waals surface area (Å²) in [4.78, 5) is 23.3. The number of amides is 1. The van der Waals surface area contributed by atoms with Crippen molar-refractivity contribution in [2.24, 2.45) is 5.10 Å². The normalized spacial score (nSPS) is 17.5. The molecule has 0 bridgehead atoms. The van der Waals surface area contributed by atoms with Crippen molar-refractivity contribution in [3.63, 3.8) is 0 Å². The molecule has 186 valence electrons. The number of phenolic OH excluding ortho intramolecular Hbond substituents is 1. The number of nitrogens with zero attached hydrogens (tertiary/aromatic N) is 3. The highest BCUT2D eigenvalue weighted by atomic mass is 35.5. The van der Waals surface area contributed by atoms with E-state index in [-0.39, 0.29) is 40.3 Å². The molecule has 1 saturated heterocycles. The van der Waals surface area contributed by atoms with Crippen LogP contribution in [0.25, 0.3) is 0 Å². The molecule has 0 saturated carbocycles. The smallest absolute Gasteiger partial charge is 0.285 e. The van der Waals surface area contributed by atoms with E-state index < -0.39 is 57.0 Å². The number of rotatable bonds is 6. The average Bonchev–Trinajstić information content (AvgIpc) is 2.74. The van der Waals surface area contributed by atoms with Gasteiger partial charge in [-0.1, -0.05) is 23.2 Å². The number of β-amino-alcohol motifs (C(OH)–C–C–N with tert-alkyl or cyclic N) is 1.